The van der Waals surface area contributed by atoms with Gasteiger partial charge in [0.15, 0.2) is 11.5 Å². The van der Waals surface area contributed by atoms with Crippen molar-refractivity contribution < 1.29 is 38.8 Å². The van der Waals surface area contributed by atoms with Crippen molar-refractivity contribution in [2.75, 3.05) is 40.0 Å². The van der Waals surface area contributed by atoms with Gasteiger partial charge >= 0.3 is 0 Å². The molecule has 3 aliphatic rings. The lowest BCUT2D eigenvalue weighted by molar-refractivity contribution is -0.141. The molecule has 2 aliphatic heterocycles. The fraction of sp³-hybridized carbons (Fsp3) is 0.607. The van der Waals surface area contributed by atoms with Crippen LogP contribution in [0.25, 0.3) is 0 Å². The Balaban J connectivity index is 1.75. The number of ether oxygens (including phenoxy) is 3. The smallest absolute Gasteiger partial charge is 0.247 e. The van der Waals surface area contributed by atoms with Crippen molar-refractivity contribution in [1.29, 1.82) is 0 Å². The number of methoxy groups -OCH3 is 1. The highest BCUT2D eigenvalue weighted by Gasteiger charge is 2.51. The maximum Gasteiger partial charge on any atom is 0.247 e. The molecule has 1 aliphatic carbocycles. The van der Waals surface area contributed by atoms with Crippen LogP contribution in [0.15, 0.2) is 23.8 Å². The number of nitrogens with zero attached hydrogens (tertiary/aromatic N) is 1. The van der Waals surface area contributed by atoms with Crippen molar-refractivity contribution in [2.24, 2.45) is 5.92 Å². The van der Waals surface area contributed by atoms with Gasteiger partial charge in [-0.25, -0.2) is 0 Å². The van der Waals surface area contributed by atoms with Crippen molar-refractivity contribution in [3.05, 3.63) is 34.9 Å². The van der Waals surface area contributed by atoms with Gasteiger partial charge in [0.2, 0.25) is 11.8 Å². The summed E-state index contributed by atoms with van der Waals surface area (Å²) < 4.78 is 17.2. The summed E-state index contributed by atoms with van der Waals surface area (Å²) in [4.78, 5) is 40.3. The second-order valence-electron chi connectivity index (χ2n) is 10.1. The predicted octanol–water partition coefficient (Wildman–Crippen LogP) is 1.58. The maximum absolute atomic E-state index is 13.7. The first-order valence-electron chi connectivity index (χ1n) is 13.5. The van der Waals surface area contributed by atoms with E-state index >= 15 is 0 Å². The highest BCUT2D eigenvalue weighted by atomic mass is 16.5. The van der Waals surface area contributed by atoms with E-state index in [2.05, 4.69) is 12.2 Å². The third-order valence-electron chi connectivity index (χ3n) is 7.59. The molecule has 1 aromatic carbocycles. The van der Waals surface area contributed by atoms with Gasteiger partial charge in [0, 0.05) is 36.4 Å². The molecule has 1 fully saturated rings. The molecule has 5 atom stereocenters. The molecule has 0 aromatic heterocycles. The molecule has 38 heavy (non-hydrogen) atoms. The lowest BCUT2D eigenvalue weighted by Crippen LogP contribution is -2.57. The molecule has 2 heterocycles. The molecule has 0 radical (unpaired) electrons. The third kappa shape index (κ3) is 5.57. The minimum atomic E-state index is -1.14. The zero-order valence-corrected chi connectivity index (χ0v) is 22.1. The molecule has 10 heteroatoms. The number of aliphatic hydroxyl groups excluding tert-OH is 2. The average Bonchev–Trinajstić information content (AvgIpc) is 3.61. The Morgan fingerprint density at radius 1 is 1.26 bits per heavy atom. The number of unbranched alkanes of at least 4 members (excludes halogenated alkanes) is 3. The zero-order valence-electron chi connectivity index (χ0n) is 22.1. The van der Waals surface area contributed by atoms with E-state index in [0.29, 0.717) is 60.7 Å². The number of aliphatic hydroxyl groups is 2. The number of nitrogens with one attached hydrogen (secondary N) is 1. The van der Waals surface area contributed by atoms with Crippen LogP contribution in [-0.4, -0.2) is 91.5 Å². The second-order valence-corrected chi connectivity index (χ2v) is 10.1. The lowest BCUT2D eigenvalue weighted by Gasteiger charge is -2.41. The van der Waals surface area contributed by atoms with Crippen LogP contribution in [0.1, 0.15) is 60.9 Å². The van der Waals surface area contributed by atoms with Crippen LogP contribution in [0.2, 0.25) is 0 Å². The van der Waals surface area contributed by atoms with Gasteiger partial charge in [-0.05, 0) is 31.1 Å². The monoisotopic (exact) mass is 530 g/mol. The summed E-state index contributed by atoms with van der Waals surface area (Å²) in [6.45, 7) is 3.20. The highest BCUT2D eigenvalue weighted by Crippen LogP contribution is 2.51. The third-order valence-corrected chi connectivity index (χ3v) is 7.59. The topological polar surface area (TPSA) is 135 Å². The minimum Gasteiger partial charge on any atom is -0.493 e. The SMILES string of the molecule is CCCCCCN(C(=O)C1CCOC1)C1C=C(C(=O)NCCO)C2c3cc(C=O)cc(OC)c3OC2C1O. The molecule has 0 spiro atoms. The molecule has 10 nitrogen and oxygen atoms in total. The molecule has 4 rings (SSSR count). The Bertz CT molecular complexity index is 1050. The van der Waals surface area contributed by atoms with E-state index in [1.54, 1.807) is 23.1 Å². The zero-order chi connectivity index (χ0) is 27.2. The Morgan fingerprint density at radius 3 is 2.74 bits per heavy atom. The van der Waals surface area contributed by atoms with Crippen molar-refractivity contribution in [1.82, 2.24) is 10.2 Å². The van der Waals surface area contributed by atoms with Crippen molar-refractivity contribution in [2.45, 2.75) is 63.2 Å². The summed E-state index contributed by atoms with van der Waals surface area (Å²) in [5.41, 5.74) is 1.23. The van der Waals surface area contributed by atoms with Gasteiger partial charge in [-0.15, -0.1) is 0 Å². The second kappa shape index (κ2) is 12.7. The minimum absolute atomic E-state index is 0.0469. The summed E-state index contributed by atoms with van der Waals surface area (Å²) in [6, 6.07) is 2.39. The van der Waals surface area contributed by atoms with E-state index in [4.69, 9.17) is 14.2 Å². The first-order chi connectivity index (χ1) is 18.4. The molecule has 0 saturated carbocycles. The Hall–Kier alpha value is -2.95. The van der Waals surface area contributed by atoms with Crippen LogP contribution < -0.4 is 14.8 Å². The summed E-state index contributed by atoms with van der Waals surface area (Å²) in [5.74, 6) is -0.838. The van der Waals surface area contributed by atoms with Crippen LogP contribution in [0.5, 0.6) is 11.5 Å². The lowest BCUT2D eigenvalue weighted by atomic mass is 9.77. The fourth-order valence-corrected chi connectivity index (χ4v) is 5.64. The first-order valence-corrected chi connectivity index (χ1v) is 13.5. The molecule has 5 unspecified atom stereocenters. The summed E-state index contributed by atoms with van der Waals surface area (Å²) in [6.07, 6.45) is 4.73. The van der Waals surface area contributed by atoms with Crippen molar-refractivity contribution in [3.63, 3.8) is 0 Å². The van der Waals surface area contributed by atoms with E-state index in [1.165, 1.54) is 7.11 Å². The summed E-state index contributed by atoms with van der Waals surface area (Å²) in [7, 11) is 1.46. The molecule has 208 valence electrons. The number of fused-ring (bicyclic) bond motifs is 3. The Labute approximate surface area is 222 Å². The Morgan fingerprint density at radius 2 is 2.08 bits per heavy atom. The van der Waals surface area contributed by atoms with E-state index in [9.17, 15) is 24.6 Å². The van der Waals surface area contributed by atoms with Gasteiger partial charge in [-0.2, -0.15) is 0 Å². The number of amides is 2. The average molecular weight is 531 g/mol. The highest BCUT2D eigenvalue weighted by molar-refractivity contribution is 5.96. The number of aldehydes is 1. The molecular weight excluding hydrogens is 492 g/mol. The van der Waals surface area contributed by atoms with Crippen LogP contribution in [0.4, 0.5) is 0 Å². The van der Waals surface area contributed by atoms with Gasteiger partial charge in [0.25, 0.3) is 0 Å². The molecule has 2 amide bonds. The Kier molecular flexibility index (Phi) is 9.40. The normalized spacial score (nSPS) is 25.6. The van der Waals surface area contributed by atoms with Crippen LogP contribution in [0, 0.1) is 5.92 Å². The van der Waals surface area contributed by atoms with Crippen molar-refractivity contribution in [3.8, 4) is 11.5 Å². The predicted molar refractivity (Wildman–Crippen MR) is 138 cm³/mol. The van der Waals surface area contributed by atoms with Crippen LogP contribution in [0.3, 0.4) is 0 Å². The van der Waals surface area contributed by atoms with Gasteiger partial charge < -0.3 is 34.6 Å². The number of carbonyl (C=O) groups is 3. The molecule has 3 N–H and O–H groups in total. The molecular formula is C28H38N2O8. The van der Waals surface area contributed by atoms with Gasteiger partial charge in [-0.1, -0.05) is 26.2 Å². The summed E-state index contributed by atoms with van der Waals surface area (Å²) in [5, 5.41) is 23.7. The fourth-order valence-electron chi connectivity index (χ4n) is 5.64. The first kappa shape index (κ1) is 28.1. The number of benzene rings is 1. The van der Waals surface area contributed by atoms with Crippen LogP contribution >= 0.6 is 0 Å². The number of rotatable bonds is 12. The standard InChI is InChI=1S/C28H38N2O8/c1-3-4-5-6-9-30(28(35)18-7-11-37-16-18)21-14-20(27(34)29-8-10-31)23-19-12-17(15-32)13-22(36-2)25(19)38-26(23)24(21)33/h12-15,18,21,23-24,26,31,33H,3-11,16H2,1-2H3,(H,29,34). The molecule has 1 saturated heterocycles. The van der Waals surface area contributed by atoms with Gasteiger partial charge in [-0.3, -0.25) is 14.4 Å². The largest absolute Gasteiger partial charge is 0.493 e. The van der Waals surface area contributed by atoms with E-state index < -0.39 is 30.1 Å². The number of carbonyl (C=O) groups excluding carboxylic acids is 3. The van der Waals surface area contributed by atoms with Crippen LogP contribution in [-0.2, 0) is 14.3 Å². The quantitative estimate of drug-likeness (QED) is 0.274. The number of hydrogen-bond acceptors (Lipinski definition) is 8. The van der Waals surface area contributed by atoms with Crippen molar-refractivity contribution >= 4 is 18.1 Å². The molecule has 0 bridgehead atoms. The van der Waals surface area contributed by atoms with E-state index in [-0.39, 0.29) is 25.0 Å². The van der Waals surface area contributed by atoms with Gasteiger partial charge in [0.05, 0.1) is 38.2 Å². The molecule has 1 aromatic rings. The number of hydrogen-bond donors (Lipinski definition) is 3. The summed E-state index contributed by atoms with van der Waals surface area (Å²) >= 11 is 0. The maximum atomic E-state index is 13.7. The van der Waals surface area contributed by atoms with Gasteiger partial charge in [0.1, 0.15) is 18.5 Å². The van der Waals surface area contributed by atoms with E-state index in [1.807, 2.05) is 0 Å². The van der Waals surface area contributed by atoms with E-state index in [0.717, 1.165) is 25.7 Å².